The van der Waals surface area contributed by atoms with E-state index in [0.29, 0.717) is 23.6 Å². The fourth-order valence-electron chi connectivity index (χ4n) is 2.92. The molecule has 2 aromatic carbocycles. The van der Waals surface area contributed by atoms with Crippen molar-refractivity contribution in [3.05, 3.63) is 70.2 Å². The molecule has 0 spiro atoms. The third-order valence-corrected chi connectivity index (χ3v) is 4.15. The predicted octanol–water partition coefficient (Wildman–Crippen LogP) is 4.02. The minimum absolute atomic E-state index is 0.0624. The van der Waals surface area contributed by atoms with E-state index in [-0.39, 0.29) is 17.7 Å². The van der Waals surface area contributed by atoms with Crippen molar-refractivity contribution in [1.82, 2.24) is 4.90 Å². The molecule has 0 fully saturated rings. The molecule has 0 N–H and O–H groups in total. The summed E-state index contributed by atoms with van der Waals surface area (Å²) < 4.78 is 0. The van der Waals surface area contributed by atoms with Crippen LogP contribution < -0.4 is 0 Å². The summed E-state index contributed by atoms with van der Waals surface area (Å²) >= 11 is 6.01. The van der Waals surface area contributed by atoms with Crippen LogP contribution in [0, 0.1) is 0 Å². The highest BCUT2D eigenvalue weighted by Crippen LogP contribution is 2.38. The van der Waals surface area contributed by atoms with Gasteiger partial charge in [-0.1, -0.05) is 48.0 Å². The monoisotopic (exact) mass is 313 g/mol. The third kappa shape index (κ3) is 2.77. The molecule has 0 saturated heterocycles. The van der Waals surface area contributed by atoms with Crippen LogP contribution in [0.5, 0.6) is 0 Å². The Morgan fingerprint density at radius 2 is 1.91 bits per heavy atom. The van der Waals surface area contributed by atoms with Gasteiger partial charge in [-0.15, -0.1) is 0 Å². The fourth-order valence-corrected chi connectivity index (χ4v) is 3.10. The Morgan fingerprint density at radius 1 is 1.18 bits per heavy atom. The van der Waals surface area contributed by atoms with Gasteiger partial charge in [0.05, 0.1) is 6.04 Å². The maximum atomic E-state index is 12.7. The molecule has 0 aliphatic carbocycles. The number of halogens is 1. The van der Waals surface area contributed by atoms with E-state index in [1.807, 2.05) is 36.4 Å². The maximum Gasteiger partial charge on any atom is 0.255 e. The number of hydrogen-bond donors (Lipinski definition) is 0. The molecule has 2 aromatic rings. The first kappa shape index (κ1) is 14.8. The highest BCUT2D eigenvalue weighted by Gasteiger charge is 2.37. The number of nitrogens with zero attached hydrogens (tertiary/aromatic N) is 1. The Labute approximate surface area is 134 Å². The third-order valence-electron chi connectivity index (χ3n) is 3.92. The van der Waals surface area contributed by atoms with Crippen LogP contribution in [-0.4, -0.2) is 16.6 Å². The summed E-state index contributed by atoms with van der Waals surface area (Å²) in [5, 5.41) is 0.537. The van der Waals surface area contributed by atoms with Gasteiger partial charge in [0.2, 0.25) is 0 Å². The second kappa shape index (κ2) is 5.93. The molecule has 1 atom stereocenters. The molecular formula is C18H16ClNO2. The molecule has 112 valence electrons. The first-order valence-electron chi connectivity index (χ1n) is 7.20. The van der Waals surface area contributed by atoms with E-state index >= 15 is 0 Å². The highest BCUT2D eigenvalue weighted by atomic mass is 35.5. The van der Waals surface area contributed by atoms with Crippen LogP contribution in [0.25, 0.3) is 0 Å². The topological polar surface area (TPSA) is 37.4 Å². The van der Waals surface area contributed by atoms with E-state index in [1.54, 1.807) is 24.0 Å². The van der Waals surface area contributed by atoms with E-state index in [0.717, 1.165) is 11.1 Å². The summed E-state index contributed by atoms with van der Waals surface area (Å²) in [6, 6.07) is 14.9. The Balaban J connectivity index is 1.98. The average molecular weight is 314 g/mol. The van der Waals surface area contributed by atoms with Crippen molar-refractivity contribution in [2.24, 2.45) is 0 Å². The molecule has 0 radical (unpaired) electrons. The predicted molar refractivity (Wildman–Crippen MR) is 85.8 cm³/mol. The normalized spacial score (nSPS) is 16.7. The van der Waals surface area contributed by atoms with E-state index < -0.39 is 0 Å². The number of benzene rings is 2. The van der Waals surface area contributed by atoms with Crippen LogP contribution >= 0.6 is 11.6 Å². The summed E-state index contributed by atoms with van der Waals surface area (Å²) in [7, 11) is 0. The van der Waals surface area contributed by atoms with Gasteiger partial charge >= 0.3 is 0 Å². The summed E-state index contributed by atoms with van der Waals surface area (Å²) in [5.41, 5.74) is 2.54. The maximum absolute atomic E-state index is 12.7. The molecule has 1 unspecified atom stereocenters. The molecule has 1 heterocycles. The first-order chi connectivity index (χ1) is 10.6. The van der Waals surface area contributed by atoms with Gasteiger partial charge in [-0.25, -0.2) is 0 Å². The fraction of sp³-hybridized carbons (Fsp3) is 0.222. The van der Waals surface area contributed by atoms with E-state index in [1.165, 1.54) is 0 Å². The molecule has 3 nitrogen and oxygen atoms in total. The van der Waals surface area contributed by atoms with Gasteiger partial charge in [0.15, 0.2) is 0 Å². The van der Waals surface area contributed by atoms with Crippen LogP contribution in [0.15, 0.2) is 48.5 Å². The number of Topliss-reactive ketones (excluding diaryl/α,β-unsaturated/α-hetero) is 1. The molecule has 3 rings (SSSR count). The summed E-state index contributed by atoms with van der Waals surface area (Å²) in [6.45, 7) is 2.04. The summed E-state index contributed by atoms with van der Waals surface area (Å²) in [6.07, 6.45) is 0.327. The molecular weight excluding hydrogens is 298 g/mol. The molecule has 1 aliphatic heterocycles. The quantitative estimate of drug-likeness (QED) is 0.855. The first-order valence-corrected chi connectivity index (χ1v) is 7.58. The minimum atomic E-state index is -0.211. The number of amides is 1. The molecule has 0 bridgehead atoms. The lowest BCUT2D eigenvalue weighted by molar-refractivity contribution is -0.118. The second-order valence-electron chi connectivity index (χ2n) is 5.57. The number of carbonyl (C=O) groups excluding carboxylic acids is 2. The zero-order valence-electron chi connectivity index (χ0n) is 12.3. The molecule has 0 aromatic heterocycles. The number of ketones is 1. The molecule has 0 saturated carbocycles. The number of carbonyl (C=O) groups is 2. The van der Waals surface area contributed by atoms with Gasteiger partial charge in [-0.05, 0) is 30.2 Å². The molecule has 1 amide bonds. The minimum Gasteiger partial charge on any atom is -0.327 e. The summed E-state index contributed by atoms with van der Waals surface area (Å²) in [4.78, 5) is 26.1. The molecule has 4 heteroatoms. The van der Waals surface area contributed by atoms with Gasteiger partial charge in [0.25, 0.3) is 5.91 Å². The van der Waals surface area contributed by atoms with Crippen molar-refractivity contribution in [3.63, 3.8) is 0 Å². The van der Waals surface area contributed by atoms with E-state index in [4.69, 9.17) is 11.6 Å². The number of fused-ring (bicyclic) bond motifs is 1. The van der Waals surface area contributed by atoms with Crippen LogP contribution in [-0.2, 0) is 11.3 Å². The van der Waals surface area contributed by atoms with Gasteiger partial charge < -0.3 is 4.90 Å². The van der Waals surface area contributed by atoms with Crippen LogP contribution in [0.2, 0.25) is 5.02 Å². The van der Waals surface area contributed by atoms with Crippen molar-refractivity contribution in [2.45, 2.75) is 25.9 Å². The van der Waals surface area contributed by atoms with Crippen LogP contribution in [0.4, 0.5) is 0 Å². The van der Waals surface area contributed by atoms with E-state index in [9.17, 15) is 9.59 Å². The van der Waals surface area contributed by atoms with Crippen LogP contribution in [0.1, 0.15) is 40.9 Å². The highest BCUT2D eigenvalue weighted by molar-refractivity contribution is 6.31. The van der Waals surface area contributed by atoms with Gasteiger partial charge in [0.1, 0.15) is 5.78 Å². The number of rotatable bonds is 4. The van der Waals surface area contributed by atoms with Crippen molar-refractivity contribution in [2.75, 3.05) is 0 Å². The second-order valence-corrected chi connectivity index (χ2v) is 6.01. The van der Waals surface area contributed by atoms with Gasteiger partial charge in [-0.3, -0.25) is 9.59 Å². The molecule has 1 aliphatic rings. The summed E-state index contributed by atoms with van der Waals surface area (Å²) in [5.74, 6) is 0.00580. The van der Waals surface area contributed by atoms with Gasteiger partial charge in [-0.2, -0.15) is 0 Å². The van der Waals surface area contributed by atoms with Gasteiger partial charge in [0, 0.05) is 23.6 Å². The molecule has 22 heavy (non-hydrogen) atoms. The number of hydrogen-bond acceptors (Lipinski definition) is 2. The SMILES string of the molecule is CC(=O)CC1c2ccc(Cl)cc2C(=O)N1Cc1ccccc1. The van der Waals surface area contributed by atoms with Crippen molar-refractivity contribution < 1.29 is 9.59 Å². The zero-order chi connectivity index (χ0) is 15.7. The lowest BCUT2D eigenvalue weighted by atomic mass is 10.0. The largest absolute Gasteiger partial charge is 0.327 e. The standard InChI is InChI=1S/C18H16ClNO2/c1-12(21)9-17-15-8-7-14(19)10-16(15)18(22)20(17)11-13-5-3-2-4-6-13/h2-8,10,17H,9,11H2,1H3. The Bertz CT molecular complexity index is 727. The van der Waals surface area contributed by atoms with Crippen molar-refractivity contribution in [1.29, 1.82) is 0 Å². The van der Waals surface area contributed by atoms with Crippen LogP contribution in [0.3, 0.4) is 0 Å². The van der Waals surface area contributed by atoms with Crippen molar-refractivity contribution >= 4 is 23.3 Å². The smallest absolute Gasteiger partial charge is 0.255 e. The Kier molecular flexibility index (Phi) is 3.99. The lowest BCUT2D eigenvalue weighted by Gasteiger charge is -2.24. The van der Waals surface area contributed by atoms with Crippen molar-refractivity contribution in [3.8, 4) is 0 Å². The average Bonchev–Trinajstić information content (AvgIpc) is 2.73. The Hall–Kier alpha value is -2.13. The lowest BCUT2D eigenvalue weighted by Crippen LogP contribution is -2.28. The van der Waals surface area contributed by atoms with E-state index in [2.05, 4.69) is 0 Å². The Morgan fingerprint density at radius 3 is 2.59 bits per heavy atom. The zero-order valence-corrected chi connectivity index (χ0v) is 13.0.